The number of pyridine rings is 2. The Balaban J connectivity index is 1.58. The number of nitrogens with zero attached hydrogens (tertiary/aromatic N) is 4. The fourth-order valence-corrected chi connectivity index (χ4v) is 4.75. The maximum Gasteiger partial charge on any atom is 0.290 e. The number of rotatable bonds is 6. The second-order valence-corrected chi connectivity index (χ2v) is 9.07. The van der Waals surface area contributed by atoms with Crippen molar-refractivity contribution in [2.24, 2.45) is 12.8 Å². The molecule has 10 nitrogen and oxygen atoms in total. The number of nitrogens with two attached hydrogens (primary N) is 1. The summed E-state index contributed by atoms with van der Waals surface area (Å²) in [7, 11) is 1.55. The van der Waals surface area contributed by atoms with E-state index in [9.17, 15) is 18.8 Å². The molecular formula is C28H25FN6O4. The average molecular weight is 529 g/mol. The Morgan fingerprint density at radius 3 is 2.54 bits per heavy atom. The van der Waals surface area contributed by atoms with Crippen LogP contribution in [0.2, 0.25) is 0 Å². The van der Waals surface area contributed by atoms with Crippen LogP contribution >= 0.6 is 0 Å². The zero-order chi connectivity index (χ0) is 28.0. The maximum absolute atomic E-state index is 14.8. The van der Waals surface area contributed by atoms with Crippen molar-refractivity contribution < 1.29 is 18.5 Å². The molecule has 39 heavy (non-hydrogen) atoms. The van der Waals surface area contributed by atoms with E-state index in [1.165, 1.54) is 22.9 Å². The van der Waals surface area contributed by atoms with Gasteiger partial charge in [0.15, 0.2) is 11.5 Å². The highest BCUT2D eigenvalue weighted by molar-refractivity contribution is 6.12. The summed E-state index contributed by atoms with van der Waals surface area (Å²) < 4.78 is 23.3. The van der Waals surface area contributed by atoms with Gasteiger partial charge in [-0.05, 0) is 51.1 Å². The molecular weight excluding hydrogens is 503 g/mol. The third-order valence-electron chi connectivity index (χ3n) is 6.49. The van der Waals surface area contributed by atoms with E-state index in [0.717, 1.165) is 11.1 Å². The van der Waals surface area contributed by atoms with Crippen LogP contribution in [0.4, 0.5) is 10.1 Å². The fraction of sp³-hybridized carbons (Fsp3) is 0.179. The monoisotopic (exact) mass is 528 g/mol. The van der Waals surface area contributed by atoms with Crippen LogP contribution in [0.1, 0.15) is 39.2 Å². The molecule has 0 saturated carbocycles. The van der Waals surface area contributed by atoms with Crippen molar-refractivity contribution in [2.45, 2.75) is 27.3 Å². The summed E-state index contributed by atoms with van der Waals surface area (Å²) in [4.78, 5) is 46.4. The predicted octanol–water partition coefficient (Wildman–Crippen LogP) is 4.18. The number of hydrogen-bond acceptors (Lipinski definition) is 6. The topological polar surface area (TPSA) is 138 Å². The van der Waals surface area contributed by atoms with Crippen molar-refractivity contribution >= 4 is 28.4 Å². The molecule has 2 amide bonds. The van der Waals surface area contributed by atoms with Crippen molar-refractivity contribution in [3.05, 3.63) is 87.5 Å². The summed E-state index contributed by atoms with van der Waals surface area (Å²) in [6, 6.07) is 11.4. The molecule has 0 spiro atoms. The highest BCUT2D eigenvalue weighted by atomic mass is 19.1. The van der Waals surface area contributed by atoms with Crippen LogP contribution in [0.25, 0.3) is 33.4 Å². The Morgan fingerprint density at radius 2 is 1.92 bits per heavy atom. The molecule has 4 aromatic heterocycles. The lowest BCUT2D eigenvalue weighted by Crippen LogP contribution is -2.19. The number of carbonyl (C=O) groups is 2. The lowest BCUT2D eigenvalue weighted by Gasteiger charge is -2.12. The van der Waals surface area contributed by atoms with Crippen LogP contribution in [0, 0.1) is 19.7 Å². The van der Waals surface area contributed by atoms with Crippen LogP contribution < -0.4 is 16.6 Å². The summed E-state index contributed by atoms with van der Waals surface area (Å²) in [5.74, 6) is -2.00. The summed E-state index contributed by atoms with van der Waals surface area (Å²) >= 11 is 0. The number of amides is 2. The predicted molar refractivity (Wildman–Crippen MR) is 144 cm³/mol. The van der Waals surface area contributed by atoms with Gasteiger partial charge in [0.25, 0.3) is 17.4 Å². The van der Waals surface area contributed by atoms with E-state index in [-0.39, 0.29) is 22.5 Å². The number of aromatic nitrogens is 4. The van der Waals surface area contributed by atoms with Gasteiger partial charge in [0.05, 0.1) is 33.7 Å². The first kappa shape index (κ1) is 25.6. The number of primary amides is 1. The zero-order valence-electron chi connectivity index (χ0n) is 21.7. The maximum atomic E-state index is 14.8. The number of anilines is 1. The first-order valence-electron chi connectivity index (χ1n) is 12.1. The lowest BCUT2D eigenvalue weighted by atomic mass is 10.1. The van der Waals surface area contributed by atoms with Gasteiger partial charge in [-0.1, -0.05) is 12.1 Å². The summed E-state index contributed by atoms with van der Waals surface area (Å²) in [5, 5.41) is 3.28. The van der Waals surface area contributed by atoms with Crippen molar-refractivity contribution in [3.63, 3.8) is 0 Å². The number of hydrogen-bond donors (Lipinski definition) is 2. The Hall–Kier alpha value is -5.06. The van der Waals surface area contributed by atoms with E-state index in [1.807, 2.05) is 23.6 Å². The van der Waals surface area contributed by atoms with Gasteiger partial charge in [0.2, 0.25) is 0 Å². The number of halogens is 1. The van der Waals surface area contributed by atoms with Gasteiger partial charge in [0.1, 0.15) is 5.76 Å². The zero-order valence-corrected chi connectivity index (χ0v) is 21.7. The van der Waals surface area contributed by atoms with E-state index < -0.39 is 17.6 Å². The SMILES string of the molecule is CCn1c(-c2ccc(-c3c(C)on(C)c3=O)cn2)cc2cc(C)nc(C(=O)Nc3cccc(C(N)=O)c3F)c21. The number of fused-ring (bicyclic) bond motifs is 1. The fourth-order valence-electron chi connectivity index (χ4n) is 4.75. The minimum absolute atomic E-state index is 0.0936. The molecule has 1 aromatic carbocycles. The molecule has 5 aromatic rings. The summed E-state index contributed by atoms with van der Waals surface area (Å²) in [6.45, 7) is 5.89. The van der Waals surface area contributed by atoms with Gasteiger partial charge in [-0.15, -0.1) is 0 Å². The normalized spacial score (nSPS) is 11.2. The molecule has 0 aliphatic rings. The third kappa shape index (κ3) is 4.37. The van der Waals surface area contributed by atoms with Crippen LogP contribution in [-0.4, -0.2) is 31.1 Å². The van der Waals surface area contributed by atoms with Crippen LogP contribution in [0.15, 0.2) is 58.0 Å². The molecule has 0 fully saturated rings. The highest BCUT2D eigenvalue weighted by Gasteiger charge is 2.22. The molecule has 5 rings (SSSR count). The van der Waals surface area contributed by atoms with E-state index in [2.05, 4.69) is 15.3 Å². The van der Waals surface area contributed by atoms with Crippen LogP contribution in [-0.2, 0) is 13.6 Å². The number of benzene rings is 1. The molecule has 198 valence electrons. The highest BCUT2D eigenvalue weighted by Crippen LogP contribution is 2.31. The van der Waals surface area contributed by atoms with E-state index in [4.69, 9.17) is 10.3 Å². The van der Waals surface area contributed by atoms with Gasteiger partial charge in [-0.25, -0.2) is 9.37 Å². The summed E-state index contributed by atoms with van der Waals surface area (Å²) in [6.07, 6.45) is 1.61. The first-order valence-corrected chi connectivity index (χ1v) is 12.1. The van der Waals surface area contributed by atoms with Gasteiger partial charge in [0, 0.05) is 36.4 Å². The Bertz CT molecular complexity index is 1830. The molecule has 0 bridgehead atoms. The lowest BCUT2D eigenvalue weighted by molar-refractivity contribution is 0.0991. The minimum Gasteiger partial charge on any atom is -0.381 e. The molecule has 0 radical (unpaired) electrons. The molecule has 0 saturated heterocycles. The van der Waals surface area contributed by atoms with E-state index in [0.29, 0.717) is 40.3 Å². The Kier molecular flexibility index (Phi) is 6.35. The largest absolute Gasteiger partial charge is 0.381 e. The smallest absolute Gasteiger partial charge is 0.290 e. The second kappa shape index (κ2) is 9.67. The van der Waals surface area contributed by atoms with Crippen LogP contribution in [0.5, 0.6) is 0 Å². The second-order valence-electron chi connectivity index (χ2n) is 9.07. The third-order valence-corrected chi connectivity index (χ3v) is 6.49. The van der Waals surface area contributed by atoms with Gasteiger partial charge in [-0.2, -0.15) is 4.74 Å². The van der Waals surface area contributed by atoms with E-state index >= 15 is 0 Å². The van der Waals surface area contributed by atoms with Crippen molar-refractivity contribution in [1.29, 1.82) is 0 Å². The molecule has 0 atom stereocenters. The number of carbonyl (C=O) groups excluding carboxylic acids is 2. The molecule has 0 unspecified atom stereocenters. The van der Waals surface area contributed by atoms with E-state index in [1.54, 1.807) is 39.2 Å². The first-order chi connectivity index (χ1) is 18.6. The molecule has 0 aliphatic heterocycles. The quantitative estimate of drug-likeness (QED) is 0.339. The Labute approximate surface area is 221 Å². The van der Waals surface area contributed by atoms with Gasteiger partial charge in [-0.3, -0.25) is 19.4 Å². The number of aryl methyl sites for hydroxylation is 4. The average Bonchev–Trinajstić information content (AvgIpc) is 3.39. The summed E-state index contributed by atoms with van der Waals surface area (Å²) in [5.41, 5.74) is 8.15. The molecule has 4 heterocycles. The molecule has 0 aliphatic carbocycles. The molecule has 11 heteroatoms. The van der Waals surface area contributed by atoms with Crippen molar-refractivity contribution in [3.8, 4) is 22.5 Å². The van der Waals surface area contributed by atoms with Crippen LogP contribution in [0.3, 0.4) is 0 Å². The standard InChI is InChI=1S/C28H25FN6O4/c1-5-35-21(19-10-9-16(13-31-19)22-15(3)39-34(4)28(22)38)12-17-11-14(2)32-24(25(17)35)27(37)33-20-8-6-7-18(23(20)29)26(30)36/h6-13H,5H2,1-4H3,(H2,30,36)(H,33,37). The molecule has 3 N–H and O–H groups in total. The minimum atomic E-state index is -0.939. The number of nitrogens with one attached hydrogen (secondary N) is 1. The van der Waals surface area contributed by atoms with Crippen molar-refractivity contribution in [1.82, 2.24) is 19.3 Å². The van der Waals surface area contributed by atoms with Gasteiger partial charge >= 0.3 is 0 Å². The Morgan fingerprint density at radius 1 is 1.15 bits per heavy atom. The van der Waals surface area contributed by atoms with Crippen molar-refractivity contribution in [2.75, 3.05) is 5.32 Å². The van der Waals surface area contributed by atoms with Gasteiger partial charge < -0.3 is 20.1 Å².